The summed E-state index contributed by atoms with van der Waals surface area (Å²) < 4.78 is 0. The van der Waals surface area contributed by atoms with Crippen molar-refractivity contribution in [3.05, 3.63) is 11.8 Å². The fraction of sp³-hybridized carbons (Fsp3) is 0.818. The second-order valence-electron chi connectivity index (χ2n) is 5.98. The molecule has 0 rings (SSSR count). The minimum absolute atomic E-state index is 0.226. The molecule has 0 spiro atoms. The van der Waals surface area contributed by atoms with Gasteiger partial charge in [0.1, 0.15) is 0 Å². The molecule has 13 heavy (non-hydrogen) atoms. The largest absolute Gasteiger partial charge is 0.327 e. The zero-order chi connectivity index (χ0) is 10.7. The number of nitrogens with two attached hydrogens (primary N) is 1. The van der Waals surface area contributed by atoms with Gasteiger partial charge >= 0.3 is 0 Å². The van der Waals surface area contributed by atoms with Gasteiger partial charge in [0.15, 0.2) is 0 Å². The van der Waals surface area contributed by atoms with E-state index in [1.54, 1.807) is 0 Å². The van der Waals surface area contributed by atoms with Crippen LogP contribution in [0, 0.1) is 5.41 Å². The second-order valence-corrected chi connectivity index (χ2v) is 11.0. The Morgan fingerprint density at radius 2 is 1.69 bits per heavy atom. The van der Waals surface area contributed by atoms with Gasteiger partial charge in [-0.15, -0.1) is 0 Å². The van der Waals surface area contributed by atoms with Crippen molar-refractivity contribution >= 4 is 8.07 Å². The van der Waals surface area contributed by atoms with Gasteiger partial charge in [0.05, 0.1) is 8.07 Å². The van der Waals surface area contributed by atoms with E-state index in [4.69, 9.17) is 5.73 Å². The lowest BCUT2D eigenvalue weighted by molar-refractivity contribution is 0.322. The van der Waals surface area contributed by atoms with Crippen LogP contribution < -0.4 is 5.73 Å². The lowest BCUT2D eigenvalue weighted by atomic mass is 9.86. The van der Waals surface area contributed by atoms with Gasteiger partial charge in [0, 0.05) is 6.04 Å². The quantitative estimate of drug-likeness (QED) is 0.694. The highest BCUT2D eigenvalue weighted by Gasteiger charge is 2.19. The first-order chi connectivity index (χ1) is 5.63. The number of hydrogen-bond donors (Lipinski definition) is 1. The summed E-state index contributed by atoms with van der Waals surface area (Å²) in [7, 11) is -1.02. The van der Waals surface area contributed by atoms with Crippen LogP contribution in [0.3, 0.4) is 0 Å². The standard InChI is InChI=1S/C11H25NSi/c1-11(2,3)10(12)8-7-9-13(4,5)6/h7,9-10H,8,12H2,1-6H3/b9-7+/t10-/m0/s1. The molecule has 2 heteroatoms. The SMILES string of the molecule is CC(C)(C)[C@@H](N)C/C=C/[Si](C)(C)C. The molecule has 0 saturated carbocycles. The van der Waals surface area contributed by atoms with E-state index in [0.717, 1.165) is 6.42 Å². The van der Waals surface area contributed by atoms with Gasteiger partial charge in [-0.25, -0.2) is 0 Å². The average molecular weight is 199 g/mol. The van der Waals surface area contributed by atoms with Crippen LogP contribution in [0.25, 0.3) is 0 Å². The van der Waals surface area contributed by atoms with Crippen molar-refractivity contribution in [3.8, 4) is 0 Å². The van der Waals surface area contributed by atoms with E-state index in [9.17, 15) is 0 Å². The van der Waals surface area contributed by atoms with E-state index >= 15 is 0 Å². The van der Waals surface area contributed by atoms with E-state index in [0.29, 0.717) is 0 Å². The highest BCUT2D eigenvalue weighted by molar-refractivity contribution is 6.80. The molecule has 0 aromatic heterocycles. The summed E-state index contributed by atoms with van der Waals surface area (Å²) in [5, 5.41) is 0. The van der Waals surface area contributed by atoms with Gasteiger partial charge in [-0.3, -0.25) is 0 Å². The summed E-state index contributed by atoms with van der Waals surface area (Å²) in [4.78, 5) is 0. The Morgan fingerprint density at radius 3 is 2.00 bits per heavy atom. The maximum atomic E-state index is 6.04. The van der Waals surface area contributed by atoms with Gasteiger partial charge in [-0.05, 0) is 11.8 Å². The minimum Gasteiger partial charge on any atom is -0.327 e. The third-order valence-electron chi connectivity index (χ3n) is 2.12. The molecule has 0 heterocycles. The summed E-state index contributed by atoms with van der Waals surface area (Å²) in [6.45, 7) is 13.6. The highest BCUT2D eigenvalue weighted by Crippen LogP contribution is 2.20. The monoisotopic (exact) mass is 199 g/mol. The third kappa shape index (κ3) is 7.02. The van der Waals surface area contributed by atoms with Gasteiger partial charge in [-0.1, -0.05) is 52.2 Å². The lowest BCUT2D eigenvalue weighted by Gasteiger charge is -2.26. The smallest absolute Gasteiger partial charge is 0.0682 e. The summed E-state index contributed by atoms with van der Waals surface area (Å²) >= 11 is 0. The molecule has 0 aromatic rings. The maximum absolute atomic E-state index is 6.04. The molecule has 78 valence electrons. The third-order valence-corrected chi connectivity index (χ3v) is 3.36. The normalized spacial score (nSPS) is 16.5. The predicted molar refractivity (Wildman–Crippen MR) is 64.5 cm³/mol. The van der Waals surface area contributed by atoms with Crippen LogP contribution in [0.4, 0.5) is 0 Å². The summed E-state index contributed by atoms with van der Waals surface area (Å²) in [5.41, 5.74) is 8.64. The molecule has 0 unspecified atom stereocenters. The van der Waals surface area contributed by atoms with E-state index in [1.807, 2.05) is 0 Å². The molecule has 0 aliphatic carbocycles. The number of hydrogen-bond acceptors (Lipinski definition) is 1. The lowest BCUT2D eigenvalue weighted by Crippen LogP contribution is -2.34. The van der Waals surface area contributed by atoms with Crippen LogP contribution in [0.2, 0.25) is 19.6 Å². The highest BCUT2D eigenvalue weighted by atomic mass is 28.3. The number of rotatable bonds is 3. The van der Waals surface area contributed by atoms with E-state index in [2.05, 4.69) is 52.2 Å². The molecule has 0 bridgehead atoms. The molecule has 0 saturated heterocycles. The Morgan fingerprint density at radius 1 is 1.23 bits per heavy atom. The predicted octanol–water partition coefficient (Wildman–Crippen LogP) is 3.18. The molecule has 0 radical (unpaired) electrons. The van der Waals surface area contributed by atoms with Crippen molar-refractivity contribution in [1.29, 1.82) is 0 Å². The maximum Gasteiger partial charge on any atom is 0.0682 e. The first-order valence-electron chi connectivity index (χ1n) is 5.06. The van der Waals surface area contributed by atoms with Gasteiger partial charge < -0.3 is 5.73 Å². The van der Waals surface area contributed by atoms with Crippen molar-refractivity contribution in [3.63, 3.8) is 0 Å². The van der Waals surface area contributed by atoms with Crippen LogP contribution in [0.5, 0.6) is 0 Å². The van der Waals surface area contributed by atoms with Gasteiger partial charge in [0.2, 0.25) is 0 Å². The molecule has 0 aromatic carbocycles. The molecule has 1 atom stereocenters. The Balaban J connectivity index is 3.98. The van der Waals surface area contributed by atoms with Gasteiger partial charge in [-0.2, -0.15) is 0 Å². The Labute approximate surface area is 84.4 Å². The topological polar surface area (TPSA) is 26.0 Å². The summed E-state index contributed by atoms with van der Waals surface area (Å²) in [6, 6.07) is 0.278. The van der Waals surface area contributed by atoms with Crippen molar-refractivity contribution in [1.82, 2.24) is 0 Å². The molecule has 0 amide bonds. The van der Waals surface area contributed by atoms with Crippen molar-refractivity contribution in [2.24, 2.45) is 11.1 Å². The zero-order valence-electron chi connectivity index (χ0n) is 10.0. The first-order valence-corrected chi connectivity index (χ1v) is 8.64. The second kappa shape index (κ2) is 4.42. The van der Waals surface area contributed by atoms with E-state index in [1.165, 1.54) is 0 Å². The van der Waals surface area contributed by atoms with Gasteiger partial charge in [0.25, 0.3) is 0 Å². The molecule has 2 N–H and O–H groups in total. The molecule has 0 fully saturated rings. The fourth-order valence-corrected chi connectivity index (χ4v) is 1.76. The average Bonchev–Trinajstić information content (AvgIpc) is 1.82. The molecule has 0 aliphatic heterocycles. The molecule has 0 aliphatic rings. The summed E-state index contributed by atoms with van der Waals surface area (Å²) in [5.74, 6) is 0. The van der Waals surface area contributed by atoms with Crippen molar-refractivity contribution in [2.45, 2.75) is 52.9 Å². The van der Waals surface area contributed by atoms with E-state index in [-0.39, 0.29) is 11.5 Å². The fourth-order valence-electron chi connectivity index (χ4n) is 0.922. The van der Waals surface area contributed by atoms with Crippen LogP contribution in [-0.4, -0.2) is 14.1 Å². The van der Waals surface area contributed by atoms with Crippen LogP contribution >= 0.6 is 0 Å². The van der Waals surface area contributed by atoms with Crippen LogP contribution in [0.1, 0.15) is 27.2 Å². The zero-order valence-corrected chi connectivity index (χ0v) is 11.0. The summed E-state index contributed by atoms with van der Waals surface area (Å²) in [6.07, 6.45) is 3.27. The Kier molecular flexibility index (Phi) is 4.40. The molecular weight excluding hydrogens is 174 g/mol. The van der Waals surface area contributed by atoms with Crippen molar-refractivity contribution in [2.75, 3.05) is 0 Å². The Bertz CT molecular complexity index is 172. The first kappa shape index (κ1) is 12.9. The molecule has 1 nitrogen and oxygen atoms in total. The van der Waals surface area contributed by atoms with Crippen LogP contribution in [-0.2, 0) is 0 Å². The van der Waals surface area contributed by atoms with Crippen LogP contribution in [0.15, 0.2) is 11.8 Å². The molecular formula is C11H25NSi. The minimum atomic E-state index is -1.02. The Hall–Kier alpha value is -0.0831. The van der Waals surface area contributed by atoms with E-state index < -0.39 is 8.07 Å². The van der Waals surface area contributed by atoms with Crippen molar-refractivity contribution < 1.29 is 0 Å².